The van der Waals surface area contributed by atoms with E-state index in [0.717, 1.165) is 0 Å². The van der Waals surface area contributed by atoms with E-state index in [2.05, 4.69) is 0 Å². The summed E-state index contributed by atoms with van der Waals surface area (Å²) in [5.41, 5.74) is -0.0332. The average Bonchev–Trinajstić information content (AvgIpc) is 1.79. The lowest BCUT2D eigenvalue weighted by atomic mass is 9.95. The fourth-order valence-corrected chi connectivity index (χ4v) is 10.6. The van der Waals surface area contributed by atoms with E-state index in [0.29, 0.717) is 0 Å². The summed E-state index contributed by atoms with van der Waals surface area (Å²) in [6, 6.07) is 7.25. The smallest absolute Gasteiger partial charge is 0.338 e. The monoisotopic (exact) mass is 1260 g/mol. The number of carbonyl (C=O) groups excluding carboxylic acids is 1. The summed E-state index contributed by atoms with van der Waals surface area (Å²) in [5.74, 6) is -1.05. The van der Waals surface area contributed by atoms with Crippen LogP contribution in [0.3, 0.4) is 0 Å². The van der Waals surface area contributed by atoms with Crippen molar-refractivity contribution in [2.75, 3.05) is 46.2 Å². The van der Waals surface area contributed by atoms with E-state index in [1.165, 1.54) is 24.3 Å². The van der Waals surface area contributed by atoms with E-state index in [4.69, 9.17) is 66.3 Å². The third-order valence-electron chi connectivity index (χ3n) is 15.7. The van der Waals surface area contributed by atoms with Crippen molar-refractivity contribution in [3.05, 3.63) is 35.9 Å². The lowest BCUT2D eigenvalue weighted by Crippen LogP contribution is -2.68. The molecule has 37 nitrogen and oxygen atoms in total. The second-order valence-corrected chi connectivity index (χ2v) is 21.4. The molecule has 1 aromatic carbocycles. The van der Waals surface area contributed by atoms with E-state index in [9.17, 15) is 117 Å². The lowest BCUT2D eigenvalue weighted by molar-refractivity contribution is -0.398. The van der Waals surface area contributed by atoms with Crippen LogP contribution in [0, 0.1) is 0 Å². The molecule has 37 heteroatoms. The standard InChI is InChI=1S/C49H76O37/c50-6-14-21(55)28(62)31(65)44(76-14)73-11-19-26(60)39(84-45-32(66)29(63)22(56)15(7-51)77-45)35(69)48(80-19)85-38-25(59)18(10-54)78-46(34(38)68)86-40-27(61)20(81-47(36(40)70)83-37-24(58)17(9-53)75-43(72)33(37)67)12-74-49-41(30(64)23(57)16(8-52)79-49)82-42(71)13-4-2-1-3-5-13/h1-5,14-41,43-70,72H,6-12H2/t14?,15?,16?,17?,18?,19?,20?,21?,22?,23?,24?,25?,26-,27-,28?,29?,30?,31?,32?,33?,34?,35?,36?,37?,38?,39?,40?,41?,43+,44?,45?,46?,47?,48?,49?/m1/s1. The van der Waals surface area contributed by atoms with Crippen LogP contribution >= 0.6 is 0 Å². The Bertz CT molecular complexity index is 2230. The van der Waals surface area contributed by atoms with Crippen molar-refractivity contribution >= 4 is 5.97 Å². The van der Waals surface area contributed by atoms with Gasteiger partial charge in [-0.05, 0) is 12.1 Å². The zero-order valence-corrected chi connectivity index (χ0v) is 45.0. The Hall–Kier alpha value is -2.71. The Morgan fingerprint density at radius 1 is 0.314 bits per heavy atom. The topological polar surface area (TPSA) is 591 Å². The zero-order valence-electron chi connectivity index (χ0n) is 45.0. The highest BCUT2D eigenvalue weighted by molar-refractivity contribution is 5.89. The van der Waals surface area contributed by atoms with Gasteiger partial charge in [-0.25, -0.2) is 4.79 Å². The minimum Gasteiger partial charge on any atom is -0.450 e. The van der Waals surface area contributed by atoms with Crippen LogP contribution in [0.1, 0.15) is 10.4 Å². The first-order valence-corrected chi connectivity index (χ1v) is 27.2. The van der Waals surface area contributed by atoms with Crippen LogP contribution in [-0.2, 0) is 66.3 Å². The number of hydrogen-bond acceptors (Lipinski definition) is 37. The van der Waals surface area contributed by atoms with Crippen molar-refractivity contribution in [3.63, 3.8) is 0 Å². The Kier molecular flexibility index (Phi) is 24.3. The van der Waals surface area contributed by atoms with E-state index >= 15 is 0 Å². The van der Waals surface area contributed by atoms with Crippen molar-refractivity contribution in [2.24, 2.45) is 0 Å². The molecule has 494 valence electrons. The number of hydrogen-bond donors (Lipinski definition) is 22. The quantitative estimate of drug-likeness (QED) is 0.0508. The highest BCUT2D eigenvalue weighted by atomic mass is 16.8. The maximum atomic E-state index is 13.2. The first kappa shape index (κ1) is 69.2. The van der Waals surface area contributed by atoms with Gasteiger partial charge in [0.05, 0.1) is 51.8 Å². The van der Waals surface area contributed by atoms with Crippen molar-refractivity contribution < 1.29 is 183 Å². The summed E-state index contributed by atoms with van der Waals surface area (Å²) in [6.07, 6.45) is -71.3. The van der Waals surface area contributed by atoms with Crippen LogP contribution < -0.4 is 0 Å². The molecule has 1 aromatic rings. The maximum Gasteiger partial charge on any atom is 0.338 e. The number of ether oxygens (including phenoxy) is 14. The first-order chi connectivity index (χ1) is 40.9. The molecule has 0 aromatic heterocycles. The molecule has 32 unspecified atom stereocenters. The predicted octanol–water partition coefficient (Wildman–Crippen LogP) is -14.4. The van der Waals surface area contributed by atoms with Crippen LogP contribution in [0.25, 0.3) is 0 Å². The SMILES string of the molecule is O=C(OC1C(OCC2OC(OC3C(O)C(CO)O[C@H](O)C3O)C(O)C(OC3OC(CO)C(O)C(OC4OC(COC5OC(CO)C(O)C(O)C5O)[C@@H](O)C(OC5OC(CO)C(O)C(O)C5O)C4O)C3O)[C@@H]2O)OC(CO)C(O)C1O)c1ccccc1. The number of aliphatic hydroxyl groups is 22. The molecule has 7 aliphatic heterocycles. The second-order valence-electron chi connectivity index (χ2n) is 21.4. The molecule has 8 rings (SSSR count). The number of carbonyl (C=O) groups is 1. The Morgan fingerprint density at radius 3 is 1.06 bits per heavy atom. The predicted molar refractivity (Wildman–Crippen MR) is 261 cm³/mol. The van der Waals surface area contributed by atoms with Gasteiger partial charge in [-0.1, -0.05) is 18.2 Å². The van der Waals surface area contributed by atoms with E-state index in [1.807, 2.05) is 0 Å². The summed E-state index contributed by atoms with van der Waals surface area (Å²) in [5, 5.41) is 238. The van der Waals surface area contributed by atoms with Crippen LogP contribution in [0.4, 0.5) is 0 Å². The molecule has 7 heterocycles. The fourth-order valence-electron chi connectivity index (χ4n) is 10.6. The molecule has 0 radical (unpaired) electrons. The van der Waals surface area contributed by atoms with Gasteiger partial charge < -0.3 is 179 Å². The summed E-state index contributed by atoms with van der Waals surface area (Å²) in [4.78, 5) is 13.2. The Labute approximate surface area is 485 Å². The van der Waals surface area contributed by atoms with Crippen molar-refractivity contribution in [3.8, 4) is 0 Å². The molecule has 7 aliphatic rings. The van der Waals surface area contributed by atoms with Crippen molar-refractivity contribution in [2.45, 2.75) is 215 Å². The fraction of sp³-hybridized carbons (Fsp3) is 0.857. The normalized spacial score (nSPS) is 49.5. The van der Waals surface area contributed by atoms with Crippen molar-refractivity contribution in [1.82, 2.24) is 0 Å². The van der Waals surface area contributed by atoms with E-state index in [-0.39, 0.29) is 5.56 Å². The first-order valence-electron chi connectivity index (χ1n) is 27.2. The van der Waals surface area contributed by atoms with Gasteiger partial charge in [0.15, 0.2) is 50.1 Å². The van der Waals surface area contributed by atoms with Gasteiger partial charge in [-0.3, -0.25) is 0 Å². The summed E-state index contributed by atoms with van der Waals surface area (Å²) >= 11 is 0. The molecule has 0 saturated carbocycles. The third kappa shape index (κ3) is 14.6. The van der Waals surface area contributed by atoms with Gasteiger partial charge in [-0.2, -0.15) is 0 Å². The van der Waals surface area contributed by atoms with Gasteiger partial charge >= 0.3 is 5.97 Å². The van der Waals surface area contributed by atoms with Gasteiger partial charge in [0.2, 0.25) is 0 Å². The molecule has 0 spiro atoms. The van der Waals surface area contributed by atoms with Crippen molar-refractivity contribution in [1.29, 1.82) is 0 Å². The summed E-state index contributed by atoms with van der Waals surface area (Å²) in [7, 11) is 0. The average molecular weight is 1260 g/mol. The molecule has 7 saturated heterocycles. The maximum absolute atomic E-state index is 13.2. The minimum atomic E-state index is -2.43. The molecule has 0 aliphatic carbocycles. The zero-order chi connectivity index (χ0) is 62.7. The largest absolute Gasteiger partial charge is 0.450 e. The summed E-state index contributed by atoms with van der Waals surface area (Å²) < 4.78 is 79.1. The molecule has 0 bridgehead atoms. The molecule has 86 heavy (non-hydrogen) atoms. The van der Waals surface area contributed by atoms with E-state index < -0.39 is 267 Å². The molecule has 22 N–H and O–H groups in total. The molecule has 0 amide bonds. The number of rotatable bonds is 21. The van der Waals surface area contributed by atoms with Crippen LogP contribution in [0.15, 0.2) is 30.3 Å². The number of esters is 1. The second kappa shape index (κ2) is 30.2. The molecular formula is C49H76O37. The molecule has 7 fully saturated rings. The van der Waals surface area contributed by atoms with Gasteiger partial charge in [-0.15, -0.1) is 0 Å². The third-order valence-corrected chi connectivity index (χ3v) is 15.7. The van der Waals surface area contributed by atoms with Crippen LogP contribution in [-0.4, -0.2) is 380 Å². The molecular weight excluding hydrogens is 1180 g/mol. The van der Waals surface area contributed by atoms with Gasteiger partial charge in [0.25, 0.3) is 0 Å². The van der Waals surface area contributed by atoms with Gasteiger partial charge in [0, 0.05) is 0 Å². The summed E-state index contributed by atoms with van der Waals surface area (Å²) in [6.45, 7) is -6.86. The number of benzene rings is 1. The highest BCUT2D eigenvalue weighted by Gasteiger charge is 2.58. The number of aliphatic hydroxyl groups excluding tert-OH is 22. The van der Waals surface area contributed by atoms with E-state index in [1.54, 1.807) is 6.07 Å². The Balaban J connectivity index is 1.06. The van der Waals surface area contributed by atoms with Crippen LogP contribution in [0.2, 0.25) is 0 Å². The lowest BCUT2D eigenvalue weighted by Gasteiger charge is -2.50. The Morgan fingerprint density at radius 2 is 0.628 bits per heavy atom. The van der Waals surface area contributed by atoms with Gasteiger partial charge in [0.1, 0.15) is 165 Å². The minimum absolute atomic E-state index is 0.0332. The highest BCUT2D eigenvalue weighted by Crippen LogP contribution is 2.37. The van der Waals surface area contributed by atoms with Crippen LogP contribution in [0.5, 0.6) is 0 Å². The molecule has 35 atom stereocenters.